The van der Waals surface area contributed by atoms with Crippen molar-refractivity contribution in [2.24, 2.45) is 0 Å². The fourth-order valence-corrected chi connectivity index (χ4v) is 6.37. The second kappa shape index (κ2) is 16.5. The van der Waals surface area contributed by atoms with E-state index >= 15 is 0 Å². The molecule has 1 saturated heterocycles. The molecule has 0 N–H and O–H groups in total. The minimum atomic E-state index is -0.256. The number of hydrogen-bond acceptors (Lipinski definition) is 7. The number of piperazine rings is 1. The van der Waals surface area contributed by atoms with E-state index in [4.69, 9.17) is 19.3 Å². The number of benzene rings is 4. The number of halogens is 1. The SMILES string of the molecule is COc1cc(C=C(C(=O)N(C)C)c2ccc(Oc3c(CCC(=O)N4CCN(c5ccccc5F)CC4)c(C)nn3-c3ccccc3)cc2)cc(OC)c1. The van der Waals surface area contributed by atoms with Gasteiger partial charge in [0.05, 0.1) is 31.3 Å². The van der Waals surface area contributed by atoms with E-state index in [9.17, 15) is 14.0 Å². The minimum absolute atomic E-state index is 0.0267. The predicted octanol–water partition coefficient (Wildman–Crippen LogP) is 7.04. The topological polar surface area (TPSA) is 89.4 Å². The summed E-state index contributed by atoms with van der Waals surface area (Å²) in [4.78, 5) is 32.2. The molecular formula is C42H44FN5O5. The number of amides is 2. The van der Waals surface area contributed by atoms with E-state index in [0.29, 0.717) is 72.6 Å². The van der Waals surface area contributed by atoms with E-state index in [0.717, 1.165) is 22.5 Å². The number of nitrogens with zero attached hydrogens (tertiary/aromatic N) is 5. The Morgan fingerprint density at radius 1 is 0.830 bits per heavy atom. The van der Waals surface area contributed by atoms with E-state index < -0.39 is 0 Å². The Morgan fingerprint density at radius 3 is 2.09 bits per heavy atom. The molecule has 2 amide bonds. The molecule has 1 aliphatic heterocycles. The summed E-state index contributed by atoms with van der Waals surface area (Å²) in [6.45, 7) is 4.08. The molecule has 0 bridgehead atoms. The van der Waals surface area contributed by atoms with Crippen molar-refractivity contribution in [2.45, 2.75) is 19.8 Å². The summed E-state index contributed by atoms with van der Waals surface area (Å²) in [5, 5.41) is 4.83. The molecule has 53 heavy (non-hydrogen) atoms. The largest absolute Gasteiger partial charge is 0.497 e. The molecular weight excluding hydrogens is 673 g/mol. The van der Waals surface area contributed by atoms with Crippen LogP contribution in [-0.2, 0) is 16.0 Å². The number of aromatic nitrogens is 2. The number of carbonyl (C=O) groups is 2. The first-order valence-corrected chi connectivity index (χ1v) is 17.5. The number of aryl methyl sites for hydroxylation is 1. The normalized spacial score (nSPS) is 13.1. The van der Waals surface area contributed by atoms with Gasteiger partial charge in [0.25, 0.3) is 5.91 Å². The quantitative estimate of drug-likeness (QED) is 0.101. The van der Waals surface area contributed by atoms with Crippen molar-refractivity contribution in [2.75, 3.05) is 59.4 Å². The van der Waals surface area contributed by atoms with Crippen LogP contribution in [0.1, 0.15) is 28.8 Å². The van der Waals surface area contributed by atoms with E-state index in [1.807, 2.05) is 95.6 Å². The van der Waals surface area contributed by atoms with Gasteiger partial charge in [0.2, 0.25) is 11.8 Å². The van der Waals surface area contributed by atoms with Crippen molar-refractivity contribution < 1.29 is 28.2 Å². The highest BCUT2D eigenvalue weighted by atomic mass is 19.1. The van der Waals surface area contributed by atoms with E-state index in [1.165, 1.54) is 11.0 Å². The average Bonchev–Trinajstić information content (AvgIpc) is 3.50. The first kappa shape index (κ1) is 36.7. The number of carbonyl (C=O) groups excluding carboxylic acids is 2. The van der Waals surface area contributed by atoms with Gasteiger partial charge in [-0.2, -0.15) is 5.10 Å². The maximum atomic E-state index is 14.4. The third kappa shape index (κ3) is 8.52. The molecule has 274 valence electrons. The molecule has 5 aromatic rings. The van der Waals surface area contributed by atoms with Gasteiger partial charge < -0.3 is 28.9 Å². The van der Waals surface area contributed by atoms with Gasteiger partial charge in [-0.25, -0.2) is 9.07 Å². The Kier molecular flexibility index (Phi) is 11.4. The van der Waals surface area contributed by atoms with Gasteiger partial charge in [0.1, 0.15) is 23.1 Å². The number of methoxy groups -OCH3 is 2. The van der Waals surface area contributed by atoms with Gasteiger partial charge in [0.15, 0.2) is 0 Å². The van der Waals surface area contributed by atoms with Crippen LogP contribution in [0.2, 0.25) is 0 Å². The van der Waals surface area contributed by atoms with Gasteiger partial charge in [-0.15, -0.1) is 0 Å². The Morgan fingerprint density at radius 2 is 1.47 bits per heavy atom. The van der Waals surface area contributed by atoms with Gasteiger partial charge in [-0.3, -0.25) is 9.59 Å². The van der Waals surface area contributed by atoms with Crippen LogP contribution in [0.5, 0.6) is 23.1 Å². The van der Waals surface area contributed by atoms with Gasteiger partial charge >= 0.3 is 0 Å². The Bertz CT molecular complexity index is 2060. The van der Waals surface area contributed by atoms with Crippen LogP contribution in [0.3, 0.4) is 0 Å². The van der Waals surface area contributed by atoms with Crippen molar-refractivity contribution >= 4 is 29.2 Å². The summed E-state index contributed by atoms with van der Waals surface area (Å²) >= 11 is 0. The predicted molar refractivity (Wildman–Crippen MR) is 204 cm³/mol. The fourth-order valence-electron chi connectivity index (χ4n) is 6.37. The standard InChI is InChI=1S/C42H44FN5O5/c1-29-36(19-20-40(49)47-23-21-46(22-24-47)39-14-10-9-13-38(39)43)42(48(44-29)32-11-7-6-8-12-32)53-33-17-15-31(16-18-33)37(41(50)45(2)3)27-30-25-34(51-4)28-35(26-30)52-5/h6-18,25-28H,19-24H2,1-5H3. The highest BCUT2D eigenvalue weighted by molar-refractivity contribution is 6.24. The van der Waals surface area contributed by atoms with Crippen molar-refractivity contribution in [3.63, 3.8) is 0 Å². The smallest absolute Gasteiger partial charge is 0.253 e. The number of para-hydroxylation sites is 2. The van der Waals surface area contributed by atoms with Gasteiger partial charge in [0, 0.05) is 63.9 Å². The fraction of sp³-hybridized carbons (Fsp3) is 0.262. The molecule has 11 heteroatoms. The highest BCUT2D eigenvalue weighted by Crippen LogP contribution is 2.33. The Balaban J connectivity index is 1.23. The number of ether oxygens (including phenoxy) is 3. The lowest BCUT2D eigenvalue weighted by atomic mass is 10.0. The van der Waals surface area contributed by atoms with Crippen LogP contribution in [0.25, 0.3) is 17.3 Å². The molecule has 6 rings (SSSR count). The van der Waals surface area contributed by atoms with Crippen LogP contribution in [-0.4, -0.2) is 85.9 Å². The van der Waals surface area contributed by atoms with Crippen LogP contribution >= 0.6 is 0 Å². The first-order valence-electron chi connectivity index (χ1n) is 17.5. The second-order valence-corrected chi connectivity index (χ2v) is 13.0. The molecule has 0 radical (unpaired) electrons. The molecule has 0 aliphatic carbocycles. The third-order valence-electron chi connectivity index (χ3n) is 9.25. The summed E-state index contributed by atoms with van der Waals surface area (Å²) in [5.74, 6) is 1.89. The summed E-state index contributed by atoms with van der Waals surface area (Å²) in [6.07, 6.45) is 2.50. The van der Waals surface area contributed by atoms with Crippen molar-refractivity contribution in [1.82, 2.24) is 19.6 Å². The Hall–Kier alpha value is -6.10. The number of likely N-dealkylation sites (N-methyl/N-ethyl adjacent to an activating group) is 1. The van der Waals surface area contributed by atoms with Crippen LogP contribution in [0.15, 0.2) is 97.1 Å². The molecule has 4 aromatic carbocycles. The monoisotopic (exact) mass is 717 g/mol. The van der Waals surface area contributed by atoms with Crippen LogP contribution < -0.4 is 19.1 Å². The number of rotatable bonds is 12. The lowest BCUT2D eigenvalue weighted by Gasteiger charge is -2.36. The zero-order chi connectivity index (χ0) is 37.5. The molecule has 1 aromatic heterocycles. The summed E-state index contributed by atoms with van der Waals surface area (Å²) in [5.41, 5.74) is 4.90. The molecule has 0 unspecified atom stereocenters. The van der Waals surface area contributed by atoms with Crippen molar-refractivity contribution in [3.05, 3.63) is 125 Å². The summed E-state index contributed by atoms with van der Waals surface area (Å²) in [7, 11) is 6.59. The van der Waals surface area contributed by atoms with Crippen LogP contribution in [0.4, 0.5) is 10.1 Å². The van der Waals surface area contributed by atoms with Gasteiger partial charge in [-0.05, 0) is 79.1 Å². The van der Waals surface area contributed by atoms with Gasteiger partial charge in [-0.1, -0.05) is 42.5 Å². The molecule has 1 fully saturated rings. The third-order valence-corrected chi connectivity index (χ3v) is 9.25. The zero-order valence-corrected chi connectivity index (χ0v) is 30.7. The maximum Gasteiger partial charge on any atom is 0.253 e. The number of anilines is 1. The summed E-state index contributed by atoms with van der Waals surface area (Å²) < 4.78 is 33.6. The first-order chi connectivity index (χ1) is 25.6. The van der Waals surface area contributed by atoms with Crippen LogP contribution in [0, 0.1) is 12.7 Å². The lowest BCUT2D eigenvalue weighted by Crippen LogP contribution is -2.49. The molecule has 0 spiro atoms. The average molecular weight is 718 g/mol. The maximum absolute atomic E-state index is 14.4. The molecule has 2 heterocycles. The zero-order valence-electron chi connectivity index (χ0n) is 30.7. The van der Waals surface area contributed by atoms with Crippen molar-refractivity contribution in [1.29, 1.82) is 0 Å². The van der Waals surface area contributed by atoms with E-state index in [1.54, 1.807) is 51.2 Å². The lowest BCUT2D eigenvalue weighted by molar-refractivity contribution is -0.131. The molecule has 1 aliphatic rings. The highest BCUT2D eigenvalue weighted by Gasteiger charge is 2.25. The minimum Gasteiger partial charge on any atom is -0.497 e. The van der Waals surface area contributed by atoms with Crippen molar-refractivity contribution in [3.8, 4) is 28.8 Å². The van der Waals surface area contributed by atoms with E-state index in [2.05, 4.69) is 0 Å². The molecule has 0 saturated carbocycles. The molecule has 0 atom stereocenters. The second-order valence-electron chi connectivity index (χ2n) is 13.0. The summed E-state index contributed by atoms with van der Waals surface area (Å²) in [6, 6.07) is 29.2. The molecule has 10 nitrogen and oxygen atoms in total. The van der Waals surface area contributed by atoms with E-state index in [-0.39, 0.29) is 24.1 Å². The number of hydrogen-bond donors (Lipinski definition) is 0. The Labute approximate surface area is 309 Å².